The molecule has 86 valence electrons. The van der Waals surface area contributed by atoms with E-state index in [2.05, 4.69) is 35.0 Å². The molecule has 0 spiro atoms. The maximum absolute atomic E-state index is 11.7. The molecule has 4 heteroatoms. The lowest BCUT2D eigenvalue weighted by molar-refractivity contribution is -0.117. The maximum atomic E-state index is 11.7. The van der Waals surface area contributed by atoms with Gasteiger partial charge in [-0.3, -0.25) is 4.79 Å². The molecule has 1 saturated heterocycles. The number of carbonyl (C=O) groups excluding carboxylic acids is 1. The van der Waals surface area contributed by atoms with E-state index in [-0.39, 0.29) is 11.3 Å². The van der Waals surface area contributed by atoms with Gasteiger partial charge in [0.05, 0.1) is 11.1 Å². The van der Waals surface area contributed by atoms with E-state index in [0.717, 1.165) is 16.6 Å². The molecule has 0 bridgehead atoms. The number of aryl methyl sites for hydroxylation is 1. The molecule has 16 heavy (non-hydrogen) atoms. The number of benzene rings is 1. The van der Waals surface area contributed by atoms with E-state index in [9.17, 15) is 4.79 Å². The molecule has 1 aromatic carbocycles. The number of amides is 1. The minimum Gasteiger partial charge on any atom is -0.310 e. The molecule has 2 nitrogen and oxygen atoms in total. The summed E-state index contributed by atoms with van der Waals surface area (Å²) in [5, 5.41) is -0.0646. The zero-order valence-electron chi connectivity index (χ0n) is 9.04. The zero-order valence-corrected chi connectivity index (χ0v) is 11.4. The van der Waals surface area contributed by atoms with Crippen molar-refractivity contribution in [3.8, 4) is 0 Å². The Morgan fingerprint density at radius 3 is 2.81 bits per heavy atom. The van der Waals surface area contributed by atoms with Crippen LogP contribution < -0.4 is 4.90 Å². The Kier molecular flexibility index (Phi) is 3.55. The number of hydrogen-bond donors (Lipinski definition) is 0. The quantitative estimate of drug-likeness (QED) is 0.767. The van der Waals surface area contributed by atoms with Crippen LogP contribution in [0.15, 0.2) is 22.7 Å². The second kappa shape index (κ2) is 4.76. The fourth-order valence-corrected chi connectivity index (χ4v) is 2.80. The molecular formula is C12H13BrClNO. The van der Waals surface area contributed by atoms with Crippen molar-refractivity contribution in [2.45, 2.75) is 25.1 Å². The maximum Gasteiger partial charge on any atom is 0.228 e. The van der Waals surface area contributed by atoms with Crippen LogP contribution in [0.2, 0.25) is 0 Å². The molecule has 1 amide bonds. The summed E-state index contributed by atoms with van der Waals surface area (Å²) in [6.07, 6.45) is 1.43. The summed E-state index contributed by atoms with van der Waals surface area (Å²) in [5.74, 6) is 0.102. The first-order chi connectivity index (χ1) is 7.61. The molecule has 1 unspecified atom stereocenters. The van der Waals surface area contributed by atoms with Gasteiger partial charge in [0.15, 0.2) is 0 Å². The molecule has 1 atom stereocenters. The van der Waals surface area contributed by atoms with Crippen LogP contribution in [-0.2, 0) is 11.2 Å². The standard InChI is InChI=1S/C12H13BrClNO/c1-2-8-3-4-11(10(13)5-8)15-7-9(14)6-12(15)16/h3-5,9H,2,6-7H2,1H3. The van der Waals surface area contributed by atoms with Crippen LogP contribution in [0.5, 0.6) is 0 Å². The number of hydrogen-bond acceptors (Lipinski definition) is 1. The third kappa shape index (κ3) is 2.25. The molecular weight excluding hydrogens is 289 g/mol. The molecule has 2 rings (SSSR count). The van der Waals surface area contributed by atoms with Crippen LogP contribution in [0.3, 0.4) is 0 Å². The summed E-state index contributed by atoms with van der Waals surface area (Å²) in [7, 11) is 0. The number of alkyl halides is 1. The summed E-state index contributed by atoms with van der Waals surface area (Å²) >= 11 is 9.49. The lowest BCUT2D eigenvalue weighted by Crippen LogP contribution is -2.24. The smallest absolute Gasteiger partial charge is 0.228 e. The predicted molar refractivity (Wildman–Crippen MR) is 70.1 cm³/mol. The first-order valence-corrected chi connectivity index (χ1v) is 6.57. The molecule has 0 radical (unpaired) electrons. The van der Waals surface area contributed by atoms with E-state index >= 15 is 0 Å². The van der Waals surface area contributed by atoms with Gasteiger partial charge in [0.1, 0.15) is 0 Å². The van der Waals surface area contributed by atoms with E-state index < -0.39 is 0 Å². The van der Waals surface area contributed by atoms with Crippen molar-refractivity contribution < 1.29 is 4.79 Å². The topological polar surface area (TPSA) is 20.3 Å². The van der Waals surface area contributed by atoms with Crippen molar-refractivity contribution >= 4 is 39.1 Å². The fourth-order valence-electron chi connectivity index (χ4n) is 1.89. The highest BCUT2D eigenvalue weighted by Gasteiger charge is 2.30. The first kappa shape index (κ1) is 11.9. The summed E-state index contributed by atoms with van der Waals surface area (Å²) in [6, 6.07) is 6.09. The Bertz CT molecular complexity index is 421. The van der Waals surface area contributed by atoms with Gasteiger partial charge in [0.25, 0.3) is 0 Å². The van der Waals surface area contributed by atoms with Crippen molar-refractivity contribution in [3.05, 3.63) is 28.2 Å². The van der Waals surface area contributed by atoms with Gasteiger partial charge in [-0.15, -0.1) is 11.6 Å². The van der Waals surface area contributed by atoms with E-state index in [4.69, 9.17) is 11.6 Å². The Labute approximate surface area is 109 Å². The van der Waals surface area contributed by atoms with Crippen molar-refractivity contribution in [2.75, 3.05) is 11.4 Å². The normalized spacial score (nSPS) is 20.6. The van der Waals surface area contributed by atoms with Crippen LogP contribution in [-0.4, -0.2) is 17.8 Å². The molecule has 0 aromatic heterocycles. The Morgan fingerprint density at radius 2 is 2.31 bits per heavy atom. The second-order valence-electron chi connectivity index (χ2n) is 3.95. The number of carbonyl (C=O) groups is 1. The highest BCUT2D eigenvalue weighted by Crippen LogP contribution is 2.31. The van der Waals surface area contributed by atoms with Crippen molar-refractivity contribution in [3.63, 3.8) is 0 Å². The lowest BCUT2D eigenvalue weighted by atomic mass is 10.1. The van der Waals surface area contributed by atoms with Gasteiger partial charge in [0.2, 0.25) is 5.91 Å². The predicted octanol–water partition coefficient (Wildman–Crippen LogP) is 3.36. The van der Waals surface area contributed by atoms with Crippen molar-refractivity contribution in [1.29, 1.82) is 0 Å². The third-order valence-electron chi connectivity index (χ3n) is 2.79. The van der Waals surface area contributed by atoms with Gasteiger partial charge in [-0.1, -0.05) is 13.0 Å². The average molecular weight is 303 g/mol. The van der Waals surface area contributed by atoms with E-state index in [1.807, 2.05) is 6.07 Å². The third-order valence-corrected chi connectivity index (χ3v) is 3.72. The molecule has 0 N–H and O–H groups in total. The number of halogens is 2. The van der Waals surface area contributed by atoms with Crippen molar-refractivity contribution in [1.82, 2.24) is 0 Å². The largest absolute Gasteiger partial charge is 0.310 e. The first-order valence-electron chi connectivity index (χ1n) is 5.34. The van der Waals surface area contributed by atoms with Gasteiger partial charge in [-0.2, -0.15) is 0 Å². The SMILES string of the molecule is CCc1ccc(N2CC(Cl)CC2=O)c(Br)c1. The van der Waals surface area contributed by atoms with E-state index in [0.29, 0.717) is 13.0 Å². The van der Waals surface area contributed by atoms with Crippen LogP contribution in [0.4, 0.5) is 5.69 Å². The van der Waals surface area contributed by atoms with E-state index in [1.165, 1.54) is 5.56 Å². The van der Waals surface area contributed by atoms with Crippen molar-refractivity contribution in [2.24, 2.45) is 0 Å². The summed E-state index contributed by atoms with van der Waals surface area (Å²) in [5.41, 5.74) is 2.18. The fraction of sp³-hybridized carbons (Fsp3) is 0.417. The van der Waals surface area contributed by atoms with Gasteiger partial charge in [0, 0.05) is 17.4 Å². The minimum absolute atomic E-state index is 0.0646. The van der Waals surface area contributed by atoms with Crippen LogP contribution in [0.1, 0.15) is 18.9 Å². The molecule has 1 aliphatic rings. The minimum atomic E-state index is -0.0646. The van der Waals surface area contributed by atoms with E-state index in [1.54, 1.807) is 4.90 Å². The summed E-state index contributed by atoms with van der Waals surface area (Å²) < 4.78 is 0.964. The van der Waals surface area contributed by atoms with Gasteiger partial charge in [-0.05, 0) is 40.0 Å². The number of rotatable bonds is 2. The monoisotopic (exact) mass is 301 g/mol. The molecule has 1 heterocycles. The Hall–Kier alpha value is -0.540. The van der Waals surface area contributed by atoms with Gasteiger partial charge >= 0.3 is 0 Å². The van der Waals surface area contributed by atoms with Gasteiger partial charge in [-0.25, -0.2) is 0 Å². The summed E-state index contributed by atoms with van der Waals surface area (Å²) in [4.78, 5) is 13.5. The molecule has 0 saturated carbocycles. The molecule has 1 fully saturated rings. The van der Waals surface area contributed by atoms with Gasteiger partial charge < -0.3 is 4.90 Å². The van der Waals surface area contributed by atoms with Crippen LogP contribution in [0, 0.1) is 0 Å². The van der Waals surface area contributed by atoms with Crippen LogP contribution in [0.25, 0.3) is 0 Å². The second-order valence-corrected chi connectivity index (χ2v) is 5.42. The summed E-state index contributed by atoms with van der Waals surface area (Å²) in [6.45, 7) is 2.71. The highest BCUT2D eigenvalue weighted by atomic mass is 79.9. The molecule has 1 aromatic rings. The Morgan fingerprint density at radius 1 is 1.56 bits per heavy atom. The van der Waals surface area contributed by atoms with Crippen LogP contribution >= 0.6 is 27.5 Å². The average Bonchev–Trinajstić information content (AvgIpc) is 2.57. The zero-order chi connectivity index (χ0) is 11.7. The molecule has 0 aliphatic carbocycles. The highest BCUT2D eigenvalue weighted by molar-refractivity contribution is 9.10. The Balaban J connectivity index is 2.30. The number of nitrogens with zero attached hydrogens (tertiary/aromatic N) is 1. The lowest BCUT2D eigenvalue weighted by Gasteiger charge is -2.18. The number of anilines is 1. The molecule has 1 aliphatic heterocycles.